The lowest BCUT2D eigenvalue weighted by Gasteiger charge is -2.39. The number of benzene rings is 1. The summed E-state index contributed by atoms with van der Waals surface area (Å²) in [4.78, 5) is 0. The molecule has 3 heteroatoms. The van der Waals surface area contributed by atoms with Crippen molar-refractivity contribution in [2.75, 3.05) is 20.2 Å². The molecular weight excluding hydrogens is 210 g/mol. The highest BCUT2D eigenvalue weighted by Crippen LogP contribution is 2.32. The molecule has 1 saturated heterocycles. The van der Waals surface area contributed by atoms with Gasteiger partial charge in [-0.3, -0.25) is 0 Å². The number of nitrogens with one attached hydrogen (secondary N) is 1. The first-order chi connectivity index (χ1) is 7.13. The fourth-order valence-electron chi connectivity index (χ4n) is 2.02. The molecule has 15 heavy (non-hydrogen) atoms. The van der Waals surface area contributed by atoms with Crippen LogP contribution in [0.1, 0.15) is 12.5 Å². The van der Waals surface area contributed by atoms with Gasteiger partial charge in [0.2, 0.25) is 0 Å². The average Bonchev–Trinajstić information content (AvgIpc) is 2.16. The molecule has 0 atom stereocenters. The summed E-state index contributed by atoms with van der Waals surface area (Å²) in [5.74, 6) is 0.938. The zero-order valence-corrected chi connectivity index (χ0v) is 9.90. The lowest BCUT2D eigenvalue weighted by molar-refractivity contribution is 0.193. The lowest BCUT2D eigenvalue weighted by atomic mass is 9.78. The smallest absolute Gasteiger partial charge is 0.122 e. The second-order valence-corrected chi connectivity index (χ2v) is 4.98. The molecule has 1 aromatic rings. The Balaban J connectivity index is 2.21. The van der Waals surface area contributed by atoms with E-state index in [9.17, 15) is 0 Å². The van der Waals surface area contributed by atoms with Crippen LogP contribution in [0, 0.1) is 5.41 Å². The van der Waals surface area contributed by atoms with E-state index in [0.717, 1.165) is 30.3 Å². The molecular formula is C12H16ClNO. The van der Waals surface area contributed by atoms with Crippen molar-refractivity contribution in [1.29, 1.82) is 0 Å². The molecule has 0 aromatic heterocycles. The summed E-state index contributed by atoms with van der Waals surface area (Å²) >= 11 is 5.99. The van der Waals surface area contributed by atoms with E-state index in [0.29, 0.717) is 5.41 Å². The van der Waals surface area contributed by atoms with Crippen molar-refractivity contribution in [2.24, 2.45) is 5.41 Å². The van der Waals surface area contributed by atoms with Crippen LogP contribution in [0.25, 0.3) is 0 Å². The van der Waals surface area contributed by atoms with Gasteiger partial charge in [-0.15, -0.1) is 0 Å². The van der Waals surface area contributed by atoms with Crippen LogP contribution in [0.15, 0.2) is 18.2 Å². The van der Waals surface area contributed by atoms with Crippen molar-refractivity contribution >= 4 is 11.6 Å². The quantitative estimate of drug-likeness (QED) is 0.854. The Morgan fingerprint density at radius 2 is 2.20 bits per heavy atom. The van der Waals surface area contributed by atoms with E-state index >= 15 is 0 Å². The summed E-state index contributed by atoms with van der Waals surface area (Å²) < 4.78 is 5.34. The maximum atomic E-state index is 5.99. The molecule has 2 rings (SSSR count). The van der Waals surface area contributed by atoms with Gasteiger partial charge in [-0.1, -0.05) is 18.5 Å². The lowest BCUT2D eigenvalue weighted by Crippen LogP contribution is -2.52. The fraction of sp³-hybridized carbons (Fsp3) is 0.500. The fourth-order valence-corrected chi connectivity index (χ4v) is 2.22. The molecule has 0 spiro atoms. The third-order valence-electron chi connectivity index (χ3n) is 2.96. The van der Waals surface area contributed by atoms with Gasteiger partial charge in [0.25, 0.3) is 0 Å². The summed E-state index contributed by atoms with van der Waals surface area (Å²) in [6, 6.07) is 5.81. The Hall–Kier alpha value is -0.730. The molecule has 0 aliphatic carbocycles. The van der Waals surface area contributed by atoms with E-state index in [1.54, 1.807) is 7.11 Å². The van der Waals surface area contributed by atoms with Crippen LogP contribution in [0.5, 0.6) is 5.75 Å². The minimum atomic E-state index is 0.359. The molecule has 1 N–H and O–H groups in total. The Morgan fingerprint density at radius 1 is 1.47 bits per heavy atom. The van der Waals surface area contributed by atoms with Gasteiger partial charge in [-0.25, -0.2) is 0 Å². The number of methoxy groups -OCH3 is 1. The zero-order chi connectivity index (χ0) is 10.9. The molecule has 0 saturated carbocycles. The summed E-state index contributed by atoms with van der Waals surface area (Å²) in [6.07, 6.45) is 1.02. The maximum Gasteiger partial charge on any atom is 0.122 e. The first-order valence-corrected chi connectivity index (χ1v) is 5.54. The average molecular weight is 226 g/mol. The molecule has 1 aromatic carbocycles. The van der Waals surface area contributed by atoms with Crippen LogP contribution >= 0.6 is 11.6 Å². The van der Waals surface area contributed by atoms with Crippen LogP contribution in [0.2, 0.25) is 5.02 Å². The Kier molecular flexibility index (Phi) is 2.89. The van der Waals surface area contributed by atoms with Gasteiger partial charge < -0.3 is 10.1 Å². The van der Waals surface area contributed by atoms with Crippen molar-refractivity contribution < 1.29 is 4.74 Å². The molecule has 0 bridgehead atoms. The highest BCUT2D eigenvalue weighted by molar-refractivity contribution is 6.30. The molecule has 1 aliphatic rings. The number of hydrogen-bond donors (Lipinski definition) is 1. The van der Waals surface area contributed by atoms with Gasteiger partial charge in [-0.2, -0.15) is 0 Å². The van der Waals surface area contributed by atoms with E-state index in [2.05, 4.69) is 12.2 Å². The maximum absolute atomic E-state index is 5.99. The summed E-state index contributed by atoms with van der Waals surface area (Å²) in [6.45, 7) is 4.43. The van der Waals surface area contributed by atoms with E-state index in [-0.39, 0.29) is 0 Å². The van der Waals surface area contributed by atoms with Gasteiger partial charge in [0.15, 0.2) is 0 Å². The predicted molar refractivity (Wildman–Crippen MR) is 62.7 cm³/mol. The van der Waals surface area contributed by atoms with Gasteiger partial charge in [0.1, 0.15) is 5.75 Å². The largest absolute Gasteiger partial charge is 0.496 e. The van der Waals surface area contributed by atoms with Gasteiger partial charge in [-0.05, 0) is 35.6 Å². The Bertz CT molecular complexity index is 361. The zero-order valence-electron chi connectivity index (χ0n) is 9.14. The van der Waals surface area contributed by atoms with E-state index in [4.69, 9.17) is 16.3 Å². The molecule has 2 nitrogen and oxygen atoms in total. The molecule has 1 fully saturated rings. The topological polar surface area (TPSA) is 21.3 Å². The monoisotopic (exact) mass is 225 g/mol. The minimum absolute atomic E-state index is 0.359. The highest BCUT2D eigenvalue weighted by atomic mass is 35.5. The van der Waals surface area contributed by atoms with E-state index < -0.39 is 0 Å². The molecule has 1 aliphatic heterocycles. The van der Waals surface area contributed by atoms with E-state index in [1.807, 2.05) is 18.2 Å². The molecule has 0 amide bonds. The standard InChI is InChI=1S/C12H16ClNO/c1-12(7-14-8-12)6-9-5-10(13)3-4-11(9)15-2/h3-5,14H,6-8H2,1-2H3. The highest BCUT2D eigenvalue weighted by Gasteiger charge is 2.32. The molecule has 1 heterocycles. The van der Waals surface area contributed by atoms with Crippen molar-refractivity contribution in [2.45, 2.75) is 13.3 Å². The number of halogens is 1. The molecule has 82 valence electrons. The third kappa shape index (κ3) is 2.27. The van der Waals surface area contributed by atoms with Crippen LogP contribution in [-0.2, 0) is 6.42 Å². The number of hydrogen-bond acceptors (Lipinski definition) is 2. The van der Waals surface area contributed by atoms with Crippen molar-refractivity contribution in [3.05, 3.63) is 28.8 Å². The molecule has 0 unspecified atom stereocenters. The van der Waals surface area contributed by atoms with Crippen LogP contribution in [-0.4, -0.2) is 20.2 Å². The minimum Gasteiger partial charge on any atom is -0.496 e. The summed E-state index contributed by atoms with van der Waals surface area (Å²) in [5, 5.41) is 4.08. The van der Waals surface area contributed by atoms with Crippen LogP contribution in [0.4, 0.5) is 0 Å². The second-order valence-electron chi connectivity index (χ2n) is 4.55. The van der Waals surface area contributed by atoms with Crippen LogP contribution < -0.4 is 10.1 Å². The van der Waals surface area contributed by atoms with Gasteiger partial charge >= 0.3 is 0 Å². The Labute approximate surface area is 95.6 Å². The predicted octanol–water partition coefficient (Wildman–Crippen LogP) is 2.50. The van der Waals surface area contributed by atoms with Crippen LogP contribution in [0.3, 0.4) is 0 Å². The van der Waals surface area contributed by atoms with Gasteiger partial charge in [0.05, 0.1) is 7.11 Å². The summed E-state index contributed by atoms with van der Waals surface area (Å²) in [5.41, 5.74) is 1.56. The van der Waals surface area contributed by atoms with Crippen molar-refractivity contribution in [1.82, 2.24) is 5.32 Å². The first kappa shape index (κ1) is 10.8. The summed E-state index contributed by atoms with van der Waals surface area (Å²) in [7, 11) is 1.70. The first-order valence-electron chi connectivity index (χ1n) is 5.16. The van der Waals surface area contributed by atoms with Crippen molar-refractivity contribution in [3.63, 3.8) is 0 Å². The number of rotatable bonds is 3. The number of ether oxygens (including phenoxy) is 1. The normalized spacial score (nSPS) is 18.3. The third-order valence-corrected chi connectivity index (χ3v) is 3.20. The second kappa shape index (κ2) is 4.03. The van der Waals surface area contributed by atoms with E-state index in [1.165, 1.54) is 5.56 Å². The molecule has 0 radical (unpaired) electrons. The SMILES string of the molecule is COc1ccc(Cl)cc1CC1(C)CNC1. The van der Waals surface area contributed by atoms with Crippen molar-refractivity contribution in [3.8, 4) is 5.75 Å². The Morgan fingerprint density at radius 3 is 2.73 bits per heavy atom. The van der Waals surface area contributed by atoms with Gasteiger partial charge in [0, 0.05) is 18.1 Å².